The summed E-state index contributed by atoms with van der Waals surface area (Å²) in [6, 6.07) is 2.52. The summed E-state index contributed by atoms with van der Waals surface area (Å²) < 4.78 is 17.5. The van der Waals surface area contributed by atoms with Crippen LogP contribution >= 0.6 is 0 Å². The molecule has 0 aliphatic heterocycles. The highest BCUT2D eigenvalue weighted by Gasteiger charge is 2.12. The van der Waals surface area contributed by atoms with Gasteiger partial charge in [0.2, 0.25) is 0 Å². The number of rotatable bonds is 3. The van der Waals surface area contributed by atoms with E-state index in [1.807, 2.05) is 5.48 Å². The number of benzene rings is 1. The molecule has 0 fully saturated rings. The van der Waals surface area contributed by atoms with Crippen molar-refractivity contribution in [3.05, 3.63) is 23.5 Å². The molecule has 0 aliphatic rings. The highest BCUT2D eigenvalue weighted by atomic mass is 19.1. The molecule has 3 N–H and O–H groups in total. The number of hydroxylamine groups is 1. The average molecular weight is 187 g/mol. The predicted octanol–water partition coefficient (Wildman–Crippen LogP) is 1.02. The zero-order chi connectivity index (χ0) is 9.84. The lowest BCUT2D eigenvalue weighted by Crippen LogP contribution is -2.07. The number of aromatic hydroxyl groups is 1. The van der Waals surface area contributed by atoms with Crippen molar-refractivity contribution in [2.24, 2.45) is 0 Å². The zero-order valence-electron chi connectivity index (χ0n) is 7.04. The Balaban J connectivity index is 3.13. The molecule has 0 atom stereocenters. The van der Waals surface area contributed by atoms with Crippen molar-refractivity contribution in [2.75, 3.05) is 7.11 Å². The van der Waals surface area contributed by atoms with Gasteiger partial charge in [0.25, 0.3) is 0 Å². The first-order valence-electron chi connectivity index (χ1n) is 3.62. The molecular weight excluding hydrogens is 177 g/mol. The number of halogens is 1. The van der Waals surface area contributed by atoms with Crippen LogP contribution in [0.15, 0.2) is 12.1 Å². The number of hydrogen-bond acceptors (Lipinski definition) is 4. The summed E-state index contributed by atoms with van der Waals surface area (Å²) >= 11 is 0. The van der Waals surface area contributed by atoms with Gasteiger partial charge in [-0.25, -0.2) is 9.87 Å². The van der Waals surface area contributed by atoms with Gasteiger partial charge in [-0.1, -0.05) is 6.07 Å². The molecule has 4 nitrogen and oxygen atoms in total. The molecule has 72 valence electrons. The van der Waals surface area contributed by atoms with Gasteiger partial charge in [-0.15, -0.1) is 0 Å². The first-order valence-corrected chi connectivity index (χ1v) is 3.62. The van der Waals surface area contributed by atoms with Gasteiger partial charge in [-0.05, 0) is 6.07 Å². The number of phenolic OH excluding ortho intramolecular Hbond substituents is 1. The van der Waals surface area contributed by atoms with E-state index in [9.17, 15) is 9.50 Å². The van der Waals surface area contributed by atoms with Crippen molar-refractivity contribution in [1.29, 1.82) is 0 Å². The lowest BCUT2D eigenvalue weighted by atomic mass is 10.2. The number of phenols is 1. The van der Waals surface area contributed by atoms with E-state index in [0.29, 0.717) is 5.56 Å². The molecule has 0 spiro atoms. The van der Waals surface area contributed by atoms with E-state index < -0.39 is 11.6 Å². The SMILES string of the molecule is COc1c(CNO)ccc(F)c1O. The van der Waals surface area contributed by atoms with Crippen LogP contribution in [0.25, 0.3) is 0 Å². The summed E-state index contributed by atoms with van der Waals surface area (Å²) in [5.74, 6) is -1.27. The highest BCUT2D eigenvalue weighted by Crippen LogP contribution is 2.32. The summed E-state index contributed by atoms with van der Waals surface area (Å²) in [6.45, 7) is 0.0804. The Labute approximate surface area is 74.5 Å². The van der Waals surface area contributed by atoms with Gasteiger partial charge >= 0.3 is 0 Å². The van der Waals surface area contributed by atoms with Crippen LogP contribution in [0, 0.1) is 5.82 Å². The fourth-order valence-electron chi connectivity index (χ4n) is 1.04. The van der Waals surface area contributed by atoms with Gasteiger partial charge in [0.1, 0.15) is 0 Å². The second kappa shape index (κ2) is 4.06. The van der Waals surface area contributed by atoms with Crippen LogP contribution in [0.3, 0.4) is 0 Å². The normalized spacial score (nSPS) is 10.1. The quantitative estimate of drug-likeness (QED) is 0.618. The van der Waals surface area contributed by atoms with Crippen LogP contribution in [0.4, 0.5) is 4.39 Å². The molecule has 5 heteroatoms. The Bertz CT molecular complexity index is 304. The van der Waals surface area contributed by atoms with Gasteiger partial charge in [0, 0.05) is 12.1 Å². The Hall–Kier alpha value is -1.33. The van der Waals surface area contributed by atoms with E-state index in [4.69, 9.17) is 9.94 Å². The third kappa shape index (κ3) is 1.88. The number of ether oxygens (including phenoxy) is 1. The Kier molecular flexibility index (Phi) is 3.05. The Morgan fingerprint density at radius 3 is 2.77 bits per heavy atom. The summed E-state index contributed by atoms with van der Waals surface area (Å²) in [5, 5.41) is 17.6. The molecule has 0 aromatic heterocycles. The topological polar surface area (TPSA) is 61.7 Å². The molecule has 1 rings (SSSR count). The second-order valence-corrected chi connectivity index (χ2v) is 2.42. The van der Waals surface area contributed by atoms with Crippen LogP contribution in [0.2, 0.25) is 0 Å². The first-order chi connectivity index (χ1) is 6.20. The summed E-state index contributed by atoms with van der Waals surface area (Å²) in [7, 11) is 1.31. The molecule has 1 aromatic rings. The Morgan fingerprint density at radius 2 is 2.23 bits per heavy atom. The van der Waals surface area contributed by atoms with Crippen molar-refractivity contribution in [2.45, 2.75) is 6.54 Å². The van der Waals surface area contributed by atoms with Gasteiger partial charge in [0.05, 0.1) is 7.11 Å². The maximum absolute atomic E-state index is 12.8. The van der Waals surface area contributed by atoms with Gasteiger partial charge in [-0.3, -0.25) is 0 Å². The lowest BCUT2D eigenvalue weighted by molar-refractivity contribution is 0.160. The van der Waals surface area contributed by atoms with E-state index in [0.717, 1.165) is 6.07 Å². The average Bonchev–Trinajstić information content (AvgIpc) is 2.12. The smallest absolute Gasteiger partial charge is 0.194 e. The molecule has 0 saturated carbocycles. The van der Waals surface area contributed by atoms with Crippen LogP contribution in [0.1, 0.15) is 5.56 Å². The summed E-state index contributed by atoms with van der Waals surface area (Å²) in [4.78, 5) is 0. The van der Waals surface area contributed by atoms with Gasteiger partial charge in [0.15, 0.2) is 17.3 Å². The van der Waals surface area contributed by atoms with Crippen molar-refractivity contribution < 1.29 is 19.4 Å². The van der Waals surface area contributed by atoms with Crippen molar-refractivity contribution >= 4 is 0 Å². The molecule has 0 bridgehead atoms. The minimum atomic E-state index is -0.751. The lowest BCUT2D eigenvalue weighted by Gasteiger charge is -2.09. The highest BCUT2D eigenvalue weighted by molar-refractivity contribution is 5.46. The van der Waals surface area contributed by atoms with E-state index in [1.54, 1.807) is 0 Å². The molecule has 13 heavy (non-hydrogen) atoms. The van der Waals surface area contributed by atoms with Crippen LogP contribution in [0.5, 0.6) is 11.5 Å². The maximum atomic E-state index is 12.8. The zero-order valence-corrected chi connectivity index (χ0v) is 7.04. The predicted molar refractivity (Wildman–Crippen MR) is 43.2 cm³/mol. The van der Waals surface area contributed by atoms with Crippen molar-refractivity contribution in [1.82, 2.24) is 5.48 Å². The molecule has 0 unspecified atom stereocenters. The summed E-state index contributed by atoms with van der Waals surface area (Å²) in [6.07, 6.45) is 0. The number of nitrogens with one attached hydrogen (secondary N) is 1. The number of hydrogen-bond donors (Lipinski definition) is 3. The molecule has 0 heterocycles. The van der Waals surface area contributed by atoms with E-state index in [2.05, 4.69) is 0 Å². The largest absolute Gasteiger partial charge is 0.502 e. The van der Waals surface area contributed by atoms with E-state index in [1.165, 1.54) is 13.2 Å². The van der Waals surface area contributed by atoms with Crippen molar-refractivity contribution in [3.63, 3.8) is 0 Å². The van der Waals surface area contributed by atoms with Crippen LogP contribution in [-0.4, -0.2) is 17.4 Å². The first kappa shape index (κ1) is 9.76. The molecule has 0 radical (unpaired) electrons. The maximum Gasteiger partial charge on any atom is 0.194 e. The number of methoxy groups -OCH3 is 1. The van der Waals surface area contributed by atoms with Gasteiger partial charge < -0.3 is 15.1 Å². The van der Waals surface area contributed by atoms with E-state index >= 15 is 0 Å². The van der Waals surface area contributed by atoms with Crippen LogP contribution in [-0.2, 0) is 6.54 Å². The van der Waals surface area contributed by atoms with Crippen molar-refractivity contribution in [3.8, 4) is 11.5 Å². The fourth-order valence-corrected chi connectivity index (χ4v) is 1.04. The molecular formula is C8H10FNO3. The molecule has 0 aliphatic carbocycles. The van der Waals surface area contributed by atoms with Crippen LogP contribution < -0.4 is 10.2 Å². The van der Waals surface area contributed by atoms with E-state index in [-0.39, 0.29) is 12.3 Å². The monoisotopic (exact) mass is 187 g/mol. The van der Waals surface area contributed by atoms with Gasteiger partial charge in [-0.2, -0.15) is 0 Å². The second-order valence-electron chi connectivity index (χ2n) is 2.42. The minimum absolute atomic E-state index is 0.0292. The molecule has 1 aromatic carbocycles. The molecule has 0 saturated heterocycles. The third-order valence-electron chi connectivity index (χ3n) is 1.64. The summed E-state index contributed by atoms with van der Waals surface area (Å²) in [5.41, 5.74) is 2.37. The molecule has 0 amide bonds. The minimum Gasteiger partial charge on any atom is -0.502 e. The third-order valence-corrected chi connectivity index (χ3v) is 1.64. The standard InChI is InChI=1S/C8H10FNO3/c1-13-8-5(4-10-12)2-3-6(9)7(8)11/h2-3,10-12H,4H2,1H3. The Morgan fingerprint density at radius 1 is 1.54 bits per heavy atom. The fraction of sp³-hybridized carbons (Fsp3) is 0.250.